The molecule has 0 unspecified atom stereocenters. The number of rotatable bonds is 4. The molecule has 6 heteroatoms. The maximum absolute atomic E-state index is 13.2. The van der Waals surface area contributed by atoms with Gasteiger partial charge >= 0.3 is 12.0 Å². The van der Waals surface area contributed by atoms with E-state index in [-0.39, 0.29) is 6.03 Å². The van der Waals surface area contributed by atoms with Crippen molar-refractivity contribution >= 4 is 12.0 Å². The zero-order valence-corrected chi connectivity index (χ0v) is 21.2. The lowest BCUT2D eigenvalue weighted by atomic mass is 9.83. The van der Waals surface area contributed by atoms with E-state index >= 15 is 0 Å². The van der Waals surface area contributed by atoms with Gasteiger partial charge in [-0.25, -0.2) is 9.59 Å². The molecule has 2 amide bonds. The lowest BCUT2D eigenvalue weighted by Crippen LogP contribution is -2.38. The van der Waals surface area contributed by atoms with Crippen LogP contribution in [0.15, 0.2) is 24.3 Å². The highest BCUT2D eigenvalue weighted by atomic mass is 16.5. The van der Waals surface area contributed by atoms with Crippen LogP contribution in [0.5, 0.6) is 0 Å². The summed E-state index contributed by atoms with van der Waals surface area (Å²) in [7, 11) is 0. The van der Waals surface area contributed by atoms with E-state index in [0.717, 1.165) is 64.9 Å². The molecule has 1 saturated heterocycles. The van der Waals surface area contributed by atoms with Crippen LogP contribution in [-0.4, -0.2) is 45.6 Å². The van der Waals surface area contributed by atoms with E-state index in [1.165, 1.54) is 0 Å². The number of carbonyl (C=O) groups excluding carboxylic acids is 1. The minimum atomic E-state index is -1.11. The van der Waals surface area contributed by atoms with E-state index in [1.54, 1.807) is 0 Å². The van der Waals surface area contributed by atoms with Gasteiger partial charge < -0.3 is 19.6 Å². The molecule has 0 spiro atoms. The van der Waals surface area contributed by atoms with E-state index in [2.05, 4.69) is 6.92 Å². The van der Waals surface area contributed by atoms with Crippen LogP contribution in [0.1, 0.15) is 73.1 Å². The van der Waals surface area contributed by atoms with E-state index in [1.807, 2.05) is 68.7 Å². The van der Waals surface area contributed by atoms with Crippen LogP contribution in [-0.2, 0) is 22.6 Å². The Balaban J connectivity index is 1.88. The van der Waals surface area contributed by atoms with Crippen molar-refractivity contribution in [1.29, 1.82) is 0 Å². The fourth-order valence-electron chi connectivity index (χ4n) is 5.27. The molecule has 1 fully saturated rings. The molecule has 2 aromatic carbocycles. The molecular weight excluding hydrogens is 428 g/mol. The van der Waals surface area contributed by atoms with Crippen molar-refractivity contribution in [2.75, 3.05) is 13.1 Å². The van der Waals surface area contributed by atoms with E-state index in [9.17, 15) is 14.7 Å². The molecule has 2 heterocycles. The first-order valence-corrected chi connectivity index (χ1v) is 12.1. The summed E-state index contributed by atoms with van der Waals surface area (Å²) in [5.74, 6) is -1.01. The van der Waals surface area contributed by atoms with Gasteiger partial charge in [-0.05, 0) is 87.8 Å². The van der Waals surface area contributed by atoms with Crippen LogP contribution in [0.25, 0.3) is 11.1 Å². The number of aliphatic carboxylic acids is 1. The standard InChI is InChI=1S/C28H36N2O4/c1-17-9-11-20(12-10-17)23-18(2)21-15-30(27(33)29-13-7-8-14-29)16-22(21)19(3)24(23)25(26(31)32)34-28(4,5)6/h9-12,25H,7-8,13-16H2,1-6H3,(H,31,32)/t25-/m0/s1. The predicted octanol–water partition coefficient (Wildman–Crippen LogP) is 5.75. The second-order valence-electron chi connectivity index (χ2n) is 10.6. The summed E-state index contributed by atoms with van der Waals surface area (Å²) in [6.07, 6.45) is 0.997. The number of nitrogens with zero attached hydrogens (tertiary/aromatic N) is 2. The average molecular weight is 465 g/mol. The Morgan fingerprint density at radius 1 is 0.912 bits per heavy atom. The van der Waals surface area contributed by atoms with Gasteiger partial charge in [-0.2, -0.15) is 0 Å². The monoisotopic (exact) mass is 464 g/mol. The average Bonchev–Trinajstić information content (AvgIpc) is 3.45. The van der Waals surface area contributed by atoms with Gasteiger partial charge in [-0.1, -0.05) is 29.8 Å². The van der Waals surface area contributed by atoms with Crippen LogP contribution >= 0.6 is 0 Å². The Morgan fingerprint density at radius 3 is 2.00 bits per heavy atom. The smallest absolute Gasteiger partial charge is 0.337 e. The number of benzene rings is 2. The van der Waals surface area contributed by atoms with Crippen LogP contribution in [0.2, 0.25) is 0 Å². The number of urea groups is 1. The molecule has 0 radical (unpaired) electrons. The maximum Gasteiger partial charge on any atom is 0.337 e. The summed E-state index contributed by atoms with van der Waals surface area (Å²) in [5.41, 5.74) is 7.20. The van der Waals surface area contributed by atoms with Crippen molar-refractivity contribution in [3.8, 4) is 11.1 Å². The normalized spacial score (nSPS) is 16.6. The largest absolute Gasteiger partial charge is 0.479 e. The van der Waals surface area contributed by atoms with Crippen LogP contribution in [0.3, 0.4) is 0 Å². The first-order chi connectivity index (χ1) is 16.0. The highest BCUT2D eigenvalue weighted by molar-refractivity contribution is 5.85. The molecule has 4 rings (SSSR count). The van der Waals surface area contributed by atoms with Gasteiger partial charge in [0.05, 0.1) is 5.60 Å². The number of amides is 2. The number of carbonyl (C=O) groups is 2. The van der Waals surface area contributed by atoms with Gasteiger partial charge in [-0.15, -0.1) is 0 Å². The number of fused-ring (bicyclic) bond motifs is 1. The second kappa shape index (κ2) is 9.06. The summed E-state index contributed by atoms with van der Waals surface area (Å²) in [4.78, 5) is 29.5. The van der Waals surface area contributed by atoms with Gasteiger partial charge in [-0.3, -0.25) is 0 Å². The quantitative estimate of drug-likeness (QED) is 0.625. The van der Waals surface area contributed by atoms with E-state index in [4.69, 9.17) is 4.74 Å². The predicted molar refractivity (Wildman–Crippen MR) is 133 cm³/mol. The number of likely N-dealkylation sites (tertiary alicyclic amines) is 1. The molecular formula is C28H36N2O4. The summed E-state index contributed by atoms with van der Waals surface area (Å²) < 4.78 is 6.13. The molecule has 182 valence electrons. The summed E-state index contributed by atoms with van der Waals surface area (Å²) >= 11 is 0. The number of hydrogen-bond donors (Lipinski definition) is 1. The Kier molecular flexibility index (Phi) is 6.47. The van der Waals surface area contributed by atoms with Crippen molar-refractivity contribution in [2.45, 2.75) is 79.2 Å². The van der Waals surface area contributed by atoms with Crippen molar-refractivity contribution in [3.05, 3.63) is 57.6 Å². The number of hydrogen-bond acceptors (Lipinski definition) is 3. The minimum Gasteiger partial charge on any atom is -0.479 e. The zero-order chi connectivity index (χ0) is 24.8. The Bertz CT molecular complexity index is 1110. The number of ether oxygens (including phenoxy) is 1. The van der Waals surface area contributed by atoms with Crippen LogP contribution in [0, 0.1) is 20.8 Å². The van der Waals surface area contributed by atoms with Gasteiger partial charge in [0.15, 0.2) is 6.10 Å². The van der Waals surface area contributed by atoms with Gasteiger partial charge in [0.2, 0.25) is 0 Å². The molecule has 34 heavy (non-hydrogen) atoms. The third-order valence-electron chi connectivity index (χ3n) is 6.96. The van der Waals surface area contributed by atoms with Crippen molar-refractivity contribution < 1.29 is 19.4 Å². The van der Waals surface area contributed by atoms with Crippen molar-refractivity contribution in [3.63, 3.8) is 0 Å². The number of aryl methyl sites for hydroxylation is 1. The molecule has 2 aliphatic heterocycles. The van der Waals surface area contributed by atoms with Crippen molar-refractivity contribution in [1.82, 2.24) is 9.80 Å². The van der Waals surface area contributed by atoms with Crippen LogP contribution < -0.4 is 0 Å². The zero-order valence-electron chi connectivity index (χ0n) is 21.2. The molecule has 1 N–H and O–H groups in total. The van der Waals surface area contributed by atoms with Crippen LogP contribution in [0.4, 0.5) is 4.79 Å². The Labute approximate surface area is 202 Å². The van der Waals surface area contributed by atoms with E-state index in [0.29, 0.717) is 18.7 Å². The highest BCUT2D eigenvalue weighted by Crippen LogP contribution is 2.43. The van der Waals surface area contributed by atoms with Gasteiger partial charge in [0, 0.05) is 31.7 Å². The lowest BCUT2D eigenvalue weighted by Gasteiger charge is -2.29. The molecule has 6 nitrogen and oxygen atoms in total. The number of carboxylic acid groups (broad SMARTS) is 1. The minimum absolute atomic E-state index is 0.0756. The third-order valence-corrected chi connectivity index (χ3v) is 6.96. The van der Waals surface area contributed by atoms with Crippen molar-refractivity contribution in [2.24, 2.45) is 0 Å². The topological polar surface area (TPSA) is 70.1 Å². The summed E-state index contributed by atoms with van der Waals surface area (Å²) in [6.45, 7) is 14.4. The second-order valence-corrected chi connectivity index (χ2v) is 10.6. The lowest BCUT2D eigenvalue weighted by molar-refractivity contribution is -0.160. The fraction of sp³-hybridized carbons (Fsp3) is 0.500. The molecule has 0 saturated carbocycles. The fourth-order valence-corrected chi connectivity index (χ4v) is 5.27. The highest BCUT2D eigenvalue weighted by Gasteiger charge is 2.37. The first-order valence-electron chi connectivity index (χ1n) is 12.1. The molecule has 2 aliphatic rings. The summed E-state index contributed by atoms with van der Waals surface area (Å²) in [5, 5.41) is 10.3. The number of carboxylic acids is 1. The Hall–Kier alpha value is -2.86. The third kappa shape index (κ3) is 4.56. The first kappa shape index (κ1) is 24.3. The molecule has 0 aromatic heterocycles. The molecule has 2 aromatic rings. The Morgan fingerprint density at radius 2 is 1.47 bits per heavy atom. The SMILES string of the molecule is Cc1ccc(-c2c(C)c3c(c(C)c2[C@H](OC(C)(C)C)C(=O)O)CN(C(=O)N2CCCC2)C3)cc1. The molecule has 1 atom stereocenters. The molecule has 0 bridgehead atoms. The van der Waals surface area contributed by atoms with Gasteiger partial charge in [0.25, 0.3) is 0 Å². The van der Waals surface area contributed by atoms with Gasteiger partial charge in [0.1, 0.15) is 0 Å². The summed E-state index contributed by atoms with van der Waals surface area (Å²) in [6, 6.07) is 8.26. The maximum atomic E-state index is 13.2. The van der Waals surface area contributed by atoms with E-state index < -0.39 is 17.7 Å². The molecule has 0 aliphatic carbocycles.